The van der Waals surface area contributed by atoms with Gasteiger partial charge in [-0.1, -0.05) is 0 Å². The van der Waals surface area contributed by atoms with Crippen molar-refractivity contribution >= 4 is 17.5 Å². The molecule has 0 amide bonds. The Bertz CT molecular complexity index is 74.1. The molecule has 0 heterocycles. The number of hydrogen-bond acceptors (Lipinski definition) is 1. The van der Waals surface area contributed by atoms with Crippen LogP contribution in [-0.4, -0.2) is 11.7 Å². The summed E-state index contributed by atoms with van der Waals surface area (Å²) in [4.78, 5) is 0. The first-order chi connectivity index (χ1) is 3.41. The highest BCUT2D eigenvalue weighted by Crippen LogP contribution is 1.89. The van der Waals surface area contributed by atoms with E-state index in [1.807, 2.05) is 0 Å². The number of hydrogen-bond donors (Lipinski definition) is 1. The molecule has 0 rings (SSSR count). The van der Waals surface area contributed by atoms with Gasteiger partial charge in [0.2, 0.25) is 0 Å². The Balaban J connectivity index is 2.83. The summed E-state index contributed by atoms with van der Waals surface area (Å²) in [5.74, 6) is 2.85. The molecule has 0 saturated heterocycles. The van der Waals surface area contributed by atoms with Crippen molar-refractivity contribution in [2.45, 2.75) is 12.8 Å². The first-order valence-corrected chi connectivity index (χ1v) is 2.75. The fourth-order valence-corrected chi connectivity index (χ4v) is 0.406. The van der Waals surface area contributed by atoms with Crippen LogP contribution in [0.25, 0.3) is 0 Å². The molecule has 0 aromatic rings. The zero-order valence-corrected chi connectivity index (χ0v) is 4.83. The van der Waals surface area contributed by atoms with Crippen LogP contribution in [0, 0.1) is 5.41 Å². The summed E-state index contributed by atoms with van der Waals surface area (Å²) >= 11 is 5.33. The summed E-state index contributed by atoms with van der Waals surface area (Å²) in [6, 6.07) is 0. The minimum atomic E-state index is 0.679. The van der Waals surface area contributed by atoms with Crippen molar-refractivity contribution in [1.82, 2.24) is 0 Å². The molecule has 0 aromatic heterocycles. The third kappa shape index (κ3) is 5.74. The monoisotopic (exact) mass is 117 g/mol. The fraction of sp³-hybridized carbons (Fsp3) is 0.600. The molecule has 0 aliphatic heterocycles. The number of allylic oxidation sites excluding steroid dienone is 1. The Kier molecular flexibility index (Phi) is 5.53. The van der Waals surface area contributed by atoms with Gasteiger partial charge in [-0.25, -0.2) is 0 Å². The lowest BCUT2D eigenvalue weighted by Gasteiger charge is -1.79. The Morgan fingerprint density at radius 3 is 2.86 bits per heavy atom. The van der Waals surface area contributed by atoms with Gasteiger partial charge >= 0.3 is 0 Å². The van der Waals surface area contributed by atoms with Gasteiger partial charge in [0.15, 0.2) is 0 Å². The Morgan fingerprint density at radius 2 is 2.43 bits per heavy atom. The first kappa shape index (κ1) is 6.74. The highest BCUT2D eigenvalue weighted by atomic mass is 35.5. The quantitative estimate of drug-likeness (QED) is 0.331. The Morgan fingerprint density at radius 1 is 1.71 bits per heavy atom. The van der Waals surface area contributed by atoms with Gasteiger partial charge in [0.1, 0.15) is 0 Å². The molecule has 1 N–H and O–H groups in total. The van der Waals surface area contributed by atoms with Gasteiger partial charge in [0.05, 0.1) is 0 Å². The maximum absolute atomic E-state index is 6.43. The van der Waals surface area contributed by atoms with Crippen molar-refractivity contribution in [2.24, 2.45) is 0 Å². The van der Waals surface area contributed by atoms with Crippen LogP contribution in [0.2, 0.25) is 0 Å². The zero-order valence-electron chi connectivity index (χ0n) is 4.08. The lowest BCUT2D eigenvalue weighted by Crippen LogP contribution is -1.69. The van der Waals surface area contributed by atoms with E-state index >= 15 is 0 Å². The van der Waals surface area contributed by atoms with Gasteiger partial charge in [-0.3, -0.25) is 5.41 Å². The van der Waals surface area contributed by atoms with Crippen molar-refractivity contribution in [3.63, 3.8) is 0 Å². The molecule has 0 unspecified atom stereocenters. The van der Waals surface area contributed by atoms with Gasteiger partial charge in [-0.05, 0) is 24.8 Å². The molecule has 0 bridgehead atoms. The van der Waals surface area contributed by atoms with Crippen LogP contribution in [0.5, 0.6) is 0 Å². The van der Waals surface area contributed by atoms with Crippen LogP contribution in [0.1, 0.15) is 12.8 Å². The largest absolute Gasteiger partial charge is 0.259 e. The van der Waals surface area contributed by atoms with E-state index in [0.29, 0.717) is 5.88 Å². The van der Waals surface area contributed by atoms with Gasteiger partial charge in [-0.15, -0.1) is 11.6 Å². The minimum Gasteiger partial charge on any atom is -0.259 e. The molecule has 0 aliphatic rings. The first-order valence-electron chi connectivity index (χ1n) is 2.21. The zero-order chi connectivity index (χ0) is 5.54. The predicted octanol–water partition coefficient (Wildman–Crippen LogP) is 1.81. The average Bonchev–Trinajstić information content (AvgIpc) is 1.69. The van der Waals surface area contributed by atoms with E-state index in [4.69, 9.17) is 17.0 Å². The smallest absolute Gasteiger partial charge is 0.0226 e. The molecule has 1 nitrogen and oxygen atoms in total. The lowest BCUT2D eigenvalue weighted by molar-refractivity contribution is 0.972. The average molecular weight is 118 g/mol. The summed E-state index contributed by atoms with van der Waals surface area (Å²) in [7, 11) is 0. The SMILES string of the molecule is N=C=CCCCCl. The van der Waals surface area contributed by atoms with Crippen LogP contribution >= 0.6 is 11.6 Å². The van der Waals surface area contributed by atoms with E-state index in [1.54, 1.807) is 6.08 Å². The molecule has 0 fully saturated rings. The standard InChI is InChI=1S/C5H8ClN/c6-4-2-1-3-5-7/h3,7H,1-2,4H2. The van der Waals surface area contributed by atoms with Gasteiger partial charge < -0.3 is 0 Å². The summed E-state index contributed by atoms with van der Waals surface area (Å²) in [6.07, 6.45) is 3.50. The van der Waals surface area contributed by atoms with Crippen LogP contribution < -0.4 is 0 Å². The third-order valence-electron chi connectivity index (χ3n) is 0.584. The van der Waals surface area contributed by atoms with Crippen molar-refractivity contribution in [1.29, 1.82) is 5.41 Å². The normalized spacial score (nSPS) is 7.57. The molecule has 0 atom stereocenters. The second kappa shape index (κ2) is 5.74. The molecule has 2 heteroatoms. The number of nitrogens with one attached hydrogen (secondary N) is 1. The molecule has 0 saturated carbocycles. The molecular formula is C5H8ClN. The molecule has 0 radical (unpaired) electrons. The van der Waals surface area contributed by atoms with Crippen LogP contribution in [0.3, 0.4) is 0 Å². The van der Waals surface area contributed by atoms with E-state index < -0.39 is 0 Å². The summed E-state index contributed by atoms with van der Waals surface area (Å²) in [6.45, 7) is 0. The van der Waals surface area contributed by atoms with E-state index in [2.05, 4.69) is 5.87 Å². The highest BCUT2D eigenvalue weighted by Gasteiger charge is 1.75. The van der Waals surface area contributed by atoms with Crippen LogP contribution in [0.4, 0.5) is 0 Å². The van der Waals surface area contributed by atoms with Crippen LogP contribution in [-0.2, 0) is 0 Å². The van der Waals surface area contributed by atoms with Crippen molar-refractivity contribution in [3.8, 4) is 0 Å². The highest BCUT2D eigenvalue weighted by molar-refractivity contribution is 6.17. The lowest BCUT2D eigenvalue weighted by atomic mass is 10.3. The van der Waals surface area contributed by atoms with Gasteiger partial charge in [0.25, 0.3) is 0 Å². The Hall–Kier alpha value is -0.260. The maximum atomic E-state index is 6.43. The summed E-state index contributed by atoms with van der Waals surface area (Å²) in [5, 5.41) is 6.43. The summed E-state index contributed by atoms with van der Waals surface area (Å²) < 4.78 is 0. The van der Waals surface area contributed by atoms with Crippen LogP contribution in [0.15, 0.2) is 6.08 Å². The van der Waals surface area contributed by atoms with E-state index in [-0.39, 0.29) is 0 Å². The van der Waals surface area contributed by atoms with Gasteiger partial charge in [0, 0.05) is 5.88 Å². The molecule has 0 aliphatic carbocycles. The maximum Gasteiger partial charge on any atom is 0.0226 e. The Labute approximate surface area is 48.5 Å². The molecule has 40 valence electrons. The number of alkyl halides is 1. The second-order valence-corrected chi connectivity index (χ2v) is 1.56. The topological polar surface area (TPSA) is 23.9 Å². The second-order valence-electron chi connectivity index (χ2n) is 1.18. The number of unbranched alkanes of at least 4 members (excludes halogenated alkanes) is 1. The third-order valence-corrected chi connectivity index (χ3v) is 0.851. The van der Waals surface area contributed by atoms with Crippen molar-refractivity contribution in [3.05, 3.63) is 6.08 Å². The van der Waals surface area contributed by atoms with Crippen molar-refractivity contribution < 1.29 is 0 Å². The molecule has 0 aromatic carbocycles. The number of rotatable bonds is 3. The van der Waals surface area contributed by atoms with E-state index in [0.717, 1.165) is 12.8 Å². The number of halogens is 1. The van der Waals surface area contributed by atoms with E-state index in [9.17, 15) is 0 Å². The van der Waals surface area contributed by atoms with Gasteiger partial charge in [-0.2, -0.15) is 0 Å². The van der Waals surface area contributed by atoms with Crippen molar-refractivity contribution in [2.75, 3.05) is 5.88 Å². The fourth-order valence-electron chi connectivity index (χ4n) is 0.251. The molecule has 7 heavy (non-hydrogen) atoms. The van der Waals surface area contributed by atoms with E-state index in [1.165, 1.54) is 0 Å². The minimum absolute atomic E-state index is 0.679. The predicted molar refractivity (Wildman–Crippen MR) is 32.3 cm³/mol. The molecule has 0 spiro atoms. The summed E-state index contributed by atoms with van der Waals surface area (Å²) in [5.41, 5.74) is 0. The molecular weight excluding hydrogens is 110 g/mol.